The van der Waals surface area contributed by atoms with Gasteiger partial charge in [-0.2, -0.15) is 0 Å². The number of azo groups is 1. The molecule has 1 amide bonds. The van der Waals surface area contributed by atoms with Gasteiger partial charge in [-0.3, -0.25) is 10.1 Å². The van der Waals surface area contributed by atoms with Crippen LogP contribution >= 0.6 is 11.3 Å². The molecule has 2 rings (SSSR count). The summed E-state index contributed by atoms with van der Waals surface area (Å²) in [5, 5.41) is 28.5. The molecule has 0 atom stereocenters. The van der Waals surface area contributed by atoms with E-state index in [1.807, 2.05) is 0 Å². The molecule has 0 radical (unpaired) electrons. The normalized spacial score (nSPS) is 11.9. The third-order valence-corrected chi connectivity index (χ3v) is 4.54. The summed E-state index contributed by atoms with van der Waals surface area (Å²) in [5.74, 6) is -4.16. The van der Waals surface area contributed by atoms with E-state index in [1.54, 1.807) is 13.8 Å². The maximum atomic E-state index is 13.4. The van der Waals surface area contributed by atoms with E-state index in [9.17, 15) is 23.9 Å². The largest absolute Gasteiger partial charge is 0.510 e. The Morgan fingerprint density at radius 2 is 2.00 bits per heavy atom. The highest BCUT2D eigenvalue weighted by Crippen LogP contribution is 2.25. The number of benzene rings is 1. The first-order valence-corrected chi connectivity index (χ1v) is 9.26. The Balaban J connectivity index is 2.28. The van der Waals surface area contributed by atoms with E-state index >= 15 is 0 Å². The van der Waals surface area contributed by atoms with Gasteiger partial charge in [0.05, 0.1) is 17.9 Å². The second-order valence-corrected chi connectivity index (χ2v) is 6.71. The van der Waals surface area contributed by atoms with E-state index < -0.39 is 35.1 Å². The number of aromatic nitrogens is 1. The molecule has 1 heterocycles. The number of aliphatic hydroxyl groups excluding tert-OH is 1. The highest BCUT2D eigenvalue weighted by molar-refractivity contribution is 7.17. The number of carbonyl (C=O) groups excluding carboxylic acids is 2. The lowest BCUT2D eigenvalue weighted by molar-refractivity contribution is -0.113. The number of esters is 1. The number of hydrogen-bond donors (Lipinski definition) is 3. The Morgan fingerprint density at radius 3 is 2.60 bits per heavy atom. The van der Waals surface area contributed by atoms with Crippen LogP contribution in [0.4, 0.5) is 15.2 Å². The topological polar surface area (TPSA) is 151 Å². The molecule has 0 fully saturated rings. The third kappa shape index (κ3) is 5.44. The molecular weight excluding hydrogens is 419 g/mol. The van der Waals surface area contributed by atoms with Crippen LogP contribution in [0.15, 0.2) is 39.9 Å². The molecule has 158 valence electrons. The van der Waals surface area contributed by atoms with Gasteiger partial charge in [0.15, 0.2) is 10.8 Å². The molecule has 0 bridgehead atoms. The predicted octanol–water partition coefficient (Wildman–Crippen LogP) is 3.98. The minimum absolute atomic E-state index is 0.0477. The molecular formula is C18H17FN4O6S. The summed E-state index contributed by atoms with van der Waals surface area (Å²) in [6, 6.07) is 2.76. The van der Waals surface area contributed by atoms with Crippen molar-refractivity contribution in [2.75, 3.05) is 11.9 Å². The smallest absolute Gasteiger partial charge is 0.350 e. The van der Waals surface area contributed by atoms with Crippen molar-refractivity contribution in [1.29, 1.82) is 0 Å². The van der Waals surface area contributed by atoms with Crippen LogP contribution in [-0.2, 0) is 9.53 Å². The van der Waals surface area contributed by atoms with Gasteiger partial charge in [-0.15, -0.1) is 10.2 Å². The standard InChI is InChI=1S/C18H17FN4O6S/c1-4-29-17(28)14-8(2)20-18(30-14)21-15(25)13(9(3)24)23-22-12-7-10(19)5-6-11(12)16(26)27/h5-7,24H,4H2,1-3H3,(H,26,27)(H,20,21,25)/b13-9+,23-22?. The van der Waals surface area contributed by atoms with Crippen molar-refractivity contribution in [3.05, 3.63) is 51.6 Å². The zero-order chi connectivity index (χ0) is 22.4. The number of hydrogen-bond acceptors (Lipinski definition) is 9. The zero-order valence-electron chi connectivity index (χ0n) is 16.1. The molecule has 1 aromatic carbocycles. The minimum Gasteiger partial charge on any atom is -0.510 e. The van der Waals surface area contributed by atoms with Crippen molar-refractivity contribution in [3.8, 4) is 0 Å². The van der Waals surface area contributed by atoms with Gasteiger partial charge in [0, 0.05) is 6.07 Å². The van der Waals surface area contributed by atoms with Crippen LogP contribution in [0.2, 0.25) is 0 Å². The maximum absolute atomic E-state index is 13.4. The summed E-state index contributed by atoms with van der Waals surface area (Å²) >= 11 is 0.866. The summed E-state index contributed by atoms with van der Waals surface area (Å²) < 4.78 is 18.3. The fourth-order valence-corrected chi connectivity index (χ4v) is 3.00. The van der Waals surface area contributed by atoms with Crippen LogP contribution in [0.1, 0.15) is 39.6 Å². The van der Waals surface area contributed by atoms with Gasteiger partial charge >= 0.3 is 11.9 Å². The van der Waals surface area contributed by atoms with E-state index in [1.165, 1.54) is 0 Å². The Kier molecular flexibility index (Phi) is 7.31. The molecule has 3 N–H and O–H groups in total. The number of anilines is 1. The first-order valence-electron chi connectivity index (χ1n) is 8.44. The highest BCUT2D eigenvalue weighted by atomic mass is 32.1. The SMILES string of the molecule is CCOC(=O)c1sc(NC(=O)/C(N=Nc2cc(F)ccc2C(=O)O)=C(/C)O)nc1C. The number of carboxylic acid groups (broad SMARTS) is 1. The van der Waals surface area contributed by atoms with Crippen LogP contribution in [-0.4, -0.2) is 39.6 Å². The number of aliphatic hydroxyl groups is 1. The van der Waals surface area contributed by atoms with Gasteiger partial charge in [-0.05, 0) is 32.9 Å². The molecule has 10 nitrogen and oxygen atoms in total. The number of thiazole rings is 1. The average molecular weight is 436 g/mol. The third-order valence-electron chi connectivity index (χ3n) is 3.48. The average Bonchev–Trinajstić information content (AvgIpc) is 3.01. The molecule has 0 aliphatic carbocycles. The van der Waals surface area contributed by atoms with Gasteiger partial charge in [0.25, 0.3) is 5.91 Å². The highest BCUT2D eigenvalue weighted by Gasteiger charge is 2.20. The lowest BCUT2D eigenvalue weighted by Crippen LogP contribution is -2.14. The Labute approximate surface area is 173 Å². The summed E-state index contributed by atoms with van der Waals surface area (Å²) in [7, 11) is 0. The Hall–Kier alpha value is -3.67. The number of halogens is 1. The van der Waals surface area contributed by atoms with Crippen LogP contribution < -0.4 is 5.32 Å². The molecule has 0 spiro atoms. The van der Waals surface area contributed by atoms with Crippen molar-refractivity contribution in [3.63, 3.8) is 0 Å². The molecule has 0 saturated heterocycles. The Bertz CT molecular complexity index is 1060. The number of nitrogens with zero attached hydrogens (tertiary/aromatic N) is 3. The molecule has 0 aliphatic rings. The number of amides is 1. The van der Waals surface area contributed by atoms with Crippen LogP contribution in [0.5, 0.6) is 0 Å². The predicted molar refractivity (Wildman–Crippen MR) is 105 cm³/mol. The molecule has 0 aliphatic heterocycles. The number of carbonyl (C=O) groups is 3. The number of carboxylic acids is 1. The van der Waals surface area contributed by atoms with Gasteiger partial charge in [0.1, 0.15) is 22.1 Å². The van der Waals surface area contributed by atoms with Crippen molar-refractivity contribution < 1.29 is 33.7 Å². The Morgan fingerprint density at radius 1 is 1.30 bits per heavy atom. The summed E-state index contributed by atoms with van der Waals surface area (Å²) in [6.45, 7) is 4.54. The zero-order valence-corrected chi connectivity index (χ0v) is 16.9. The van der Waals surface area contributed by atoms with Gasteiger partial charge in [-0.1, -0.05) is 11.3 Å². The lowest BCUT2D eigenvalue weighted by Gasteiger charge is -2.04. The molecule has 0 saturated carbocycles. The molecule has 2 aromatic rings. The summed E-state index contributed by atoms with van der Waals surface area (Å²) in [5.41, 5.74) is -0.900. The summed E-state index contributed by atoms with van der Waals surface area (Å²) in [6.07, 6.45) is 0. The second-order valence-electron chi connectivity index (χ2n) is 5.71. The molecule has 0 unspecified atom stereocenters. The van der Waals surface area contributed by atoms with Crippen LogP contribution in [0, 0.1) is 12.7 Å². The first kappa shape index (κ1) is 22.6. The van der Waals surface area contributed by atoms with Crippen LogP contribution in [0.3, 0.4) is 0 Å². The van der Waals surface area contributed by atoms with E-state index in [4.69, 9.17) is 9.84 Å². The lowest BCUT2D eigenvalue weighted by atomic mass is 10.2. The van der Waals surface area contributed by atoms with Crippen molar-refractivity contribution >= 4 is 40.0 Å². The van der Waals surface area contributed by atoms with Crippen molar-refractivity contribution in [1.82, 2.24) is 4.98 Å². The maximum Gasteiger partial charge on any atom is 0.350 e. The van der Waals surface area contributed by atoms with E-state index in [0.717, 1.165) is 36.5 Å². The number of nitrogens with one attached hydrogen (secondary N) is 1. The number of rotatable bonds is 7. The number of aryl methyl sites for hydroxylation is 1. The quantitative estimate of drug-likeness (QED) is 0.257. The monoisotopic (exact) mass is 436 g/mol. The van der Waals surface area contributed by atoms with E-state index in [2.05, 4.69) is 20.5 Å². The van der Waals surface area contributed by atoms with E-state index in [0.29, 0.717) is 5.69 Å². The first-order chi connectivity index (χ1) is 14.1. The number of allylic oxidation sites excluding steroid dienone is 1. The fourth-order valence-electron chi connectivity index (χ4n) is 2.15. The van der Waals surface area contributed by atoms with E-state index in [-0.39, 0.29) is 27.9 Å². The molecule has 1 aromatic heterocycles. The minimum atomic E-state index is -1.37. The second kappa shape index (κ2) is 9.69. The van der Waals surface area contributed by atoms with Gasteiger partial charge < -0.3 is 14.9 Å². The van der Waals surface area contributed by atoms with Gasteiger partial charge in [0.2, 0.25) is 0 Å². The van der Waals surface area contributed by atoms with Crippen molar-refractivity contribution in [2.24, 2.45) is 10.2 Å². The fraction of sp³-hybridized carbons (Fsp3) is 0.222. The van der Waals surface area contributed by atoms with Crippen LogP contribution in [0.25, 0.3) is 0 Å². The van der Waals surface area contributed by atoms with Crippen molar-refractivity contribution in [2.45, 2.75) is 20.8 Å². The molecule has 30 heavy (non-hydrogen) atoms. The summed E-state index contributed by atoms with van der Waals surface area (Å²) in [4.78, 5) is 39.8. The number of ether oxygens (including phenoxy) is 1. The number of aromatic carboxylic acids is 1. The van der Waals surface area contributed by atoms with Gasteiger partial charge in [-0.25, -0.2) is 19.0 Å². The molecule has 12 heteroatoms.